The number of thiophene rings is 1. The van der Waals surface area contributed by atoms with Gasteiger partial charge in [0.1, 0.15) is 5.82 Å². The van der Waals surface area contributed by atoms with Gasteiger partial charge in [0.2, 0.25) is 0 Å². The molecule has 5 heteroatoms. The van der Waals surface area contributed by atoms with Crippen molar-refractivity contribution < 1.29 is 9.18 Å². The molecule has 1 aliphatic carbocycles. The quantitative estimate of drug-likeness (QED) is 0.863. The van der Waals surface area contributed by atoms with Crippen LogP contribution in [0.15, 0.2) is 29.2 Å². The zero-order valence-electron chi connectivity index (χ0n) is 13.2. The van der Waals surface area contributed by atoms with Gasteiger partial charge in [0.05, 0.1) is 4.91 Å². The van der Waals surface area contributed by atoms with E-state index in [1.807, 2.05) is 23.5 Å². The van der Waals surface area contributed by atoms with E-state index in [2.05, 4.69) is 5.32 Å². The van der Waals surface area contributed by atoms with E-state index in [9.17, 15) is 9.18 Å². The number of halogens is 1. The maximum atomic E-state index is 13.2. The maximum Gasteiger partial charge on any atom is 0.258 e. The predicted octanol–water partition coefficient (Wildman–Crippen LogP) is 4.67. The fourth-order valence-corrected chi connectivity index (χ4v) is 5.84. The number of rotatable bonds is 3. The first kappa shape index (κ1) is 15.9. The molecule has 0 bridgehead atoms. The molecular weight excluding hydrogens is 341 g/mol. The molecule has 1 N–H and O–H groups in total. The summed E-state index contributed by atoms with van der Waals surface area (Å²) in [6.45, 7) is 0.349. The van der Waals surface area contributed by atoms with Crippen LogP contribution in [0.1, 0.15) is 39.3 Å². The predicted molar refractivity (Wildman–Crippen MR) is 98.5 cm³/mol. The van der Waals surface area contributed by atoms with Crippen LogP contribution in [0.2, 0.25) is 0 Å². The lowest BCUT2D eigenvalue weighted by Crippen LogP contribution is -2.24. The molecule has 0 unspecified atom stereocenters. The highest BCUT2D eigenvalue weighted by atomic mass is 32.2. The Balaban J connectivity index is 1.48. The Hall–Kier alpha value is -1.59. The van der Waals surface area contributed by atoms with Gasteiger partial charge in [-0.3, -0.25) is 4.79 Å². The van der Waals surface area contributed by atoms with Gasteiger partial charge in [-0.1, -0.05) is 12.1 Å². The van der Waals surface area contributed by atoms with Crippen molar-refractivity contribution in [2.75, 3.05) is 0 Å². The normalized spacial score (nSPS) is 16.1. The summed E-state index contributed by atoms with van der Waals surface area (Å²) in [5.41, 5.74) is 3.77. The van der Waals surface area contributed by atoms with Gasteiger partial charge < -0.3 is 5.32 Å². The molecule has 1 aliphatic heterocycles. The third kappa shape index (κ3) is 3.15. The minimum absolute atomic E-state index is 0.0683. The average molecular weight is 359 g/mol. The summed E-state index contributed by atoms with van der Waals surface area (Å²) < 4.78 is 13.2. The van der Waals surface area contributed by atoms with Gasteiger partial charge in [-0.05, 0) is 60.6 Å². The number of carbonyl (C=O) groups excluding carboxylic acids is 1. The van der Waals surface area contributed by atoms with E-state index in [1.54, 1.807) is 23.4 Å². The summed E-state index contributed by atoms with van der Waals surface area (Å²) >= 11 is 3.47. The Kier molecular flexibility index (Phi) is 4.46. The molecule has 4 rings (SSSR count). The number of hydrogen-bond donors (Lipinski definition) is 1. The van der Waals surface area contributed by atoms with Crippen molar-refractivity contribution in [1.29, 1.82) is 0 Å². The van der Waals surface area contributed by atoms with Gasteiger partial charge >= 0.3 is 0 Å². The molecule has 2 nitrogen and oxygen atoms in total. The second kappa shape index (κ2) is 6.73. The van der Waals surface area contributed by atoms with Gasteiger partial charge in [0, 0.05) is 22.1 Å². The van der Waals surface area contributed by atoms with Crippen LogP contribution in [-0.4, -0.2) is 5.91 Å². The number of benzene rings is 1. The minimum atomic E-state index is -0.276. The summed E-state index contributed by atoms with van der Waals surface area (Å²) in [7, 11) is 0. The maximum absolute atomic E-state index is 13.2. The molecule has 2 heterocycles. The number of aryl methyl sites for hydroxylation is 1. The molecule has 0 spiro atoms. The molecule has 2 aromatic rings. The van der Waals surface area contributed by atoms with E-state index in [0.717, 1.165) is 16.2 Å². The van der Waals surface area contributed by atoms with Crippen LogP contribution in [-0.2, 0) is 29.9 Å². The van der Waals surface area contributed by atoms with Crippen LogP contribution in [0.25, 0.3) is 6.08 Å². The van der Waals surface area contributed by atoms with Crippen LogP contribution >= 0.6 is 23.1 Å². The molecule has 0 fully saturated rings. The fraction of sp³-hybridized carbons (Fsp3) is 0.316. The van der Waals surface area contributed by atoms with E-state index in [-0.39, 0.29) is 11.7 Å². The number of amides is 1. The second-order valence-corrected chi connectivity index (χ2v) is 8.32. The van der Waals surface area contributed by atoms with Gasteiger partial charge in [-0.25, -0.2) is 4.39 Å². The molecule has 1 amide bonds. The lowest BCUT2D eigenvalue weighted by atomic mass is 9.95. The van der Waals surface area contributed by atoms with E-state index in [0.29, 0.717) is 6.54 Å². The lowest BCUT2D eigenvalue weighted by Gasteiger charge is -2.16. The number of fused-ring (bicyclic) bond motifs is 3. The summed E-state index contributed by atoms with van der Waals surface area (Å²) in [6, 6.07) is 6.34. The van der Waals surface area contributed by atoms with E-state index in [4.69, 9.17) is 0 Å². The van der Waals surface area contributed by atoms with Gasteiger partial charge in [-0.15, -0.1) is 23.1 Å². The Bertz CT molecular complexity index is 825. The smallest absolute Gasteiger partial charge is 0.258 e. The van der Waals surface area contributed by atoms with Crippen molar-refractivity contribution in [3.63, 3.8) is 0 Å². The first-order valence-electron chi connectivity index (χ1n) is 8.21. The Morgan fingerprint density at radius 1 is 1.21 bits per heavy atom. The SMILES string of the molecule is O=C(NCc1cccc(F)c1)C1=Cc2sc3c(c2CS1)CCCC3. The van der Waals surface area contributed by atoms with Gasteiger partial charge in [0.15, 0.2) is 0 Å². The zero-order valence-corrected chi connectivity index (χ0v) is 14.9. The van der Waals surface area contributed by atoms with Crippen LogP contribution in [0.5, 0.6) is 0 Å². The summed E-state index contributed by atoms with van der Waals surface area (Å²) in [6.07, 6.45) is 6.98. The summed E-state index contributed by atoms with van der Waals surface area (Å²) in [4.78, 5) is 16.0. The van der Waals surface area contributed by atoms with Crippen molar-refractivity contribution in [1.82, 2.24) is 5.32 Å². The van der Waals surface area contributed by atoms with Crippen molar-refractivity contribution in [3.8, 4) is 0 Å². The van der Waals surface area contributed by atoms with Gasteiger partial charge in [0.25, 0.3) is 5.91 Å². The summed E-state index contributed by atoms with van der Waals surface area (Å²) in [5.74, 6) is 0.545. The van der Waals surface area contributed by atoms with Crippen molar-refractivity contribution >= 4 is 35.1 Å². The van der Waals surface area contributed by atoms with Crippen molar-refractivity contribution in [2.24, 2.45) is 0 Å². The van der Waals surface area contributed by atoms with Crippen LogP contribution in [0.3, 0.4) is 0 Å². The average Bonchev–Trinajstić information content (AvgIpc) is 2.97. The molecule has 124 valence electrons. The largest absolute Gasteiger partial charge is 0.348 e. The van der Waals surface area contributed by atoms with Crippen molar-refractivity contribution in [2.45, 2.75) is 38.0 Å². The molecule has 0 saturated heterocycles. The van der Waals surface area contributed by atoms with Gasteiger partial charge in [-0.2, -0.15) is 0 Å². The first-order chi connectivity index (χ1) is 11.7. The monoisotopic (exact) mass is 359 g/mol. The molecular formula is C19H18FNOS2. The molecule has 0 saturated carbocycles. The van der Waals surface area contributed by atoms with Crippen LogP contribution in [0.4, 0.5) is 4.39 Å². The first-order valence-corrected chi connectivity index (χ1v) is 10.0. The standard InChI is InChI=1S/C19H18FNOS2/c20-13-5-3-4-12(8-13)10-21-19(22)18-9-17-15(11-23-18)14-6-1-2-7-16(14)24-17/h3-5,8-9H,1-2,6-7,10-11H2,(H,21,22). The number of thioether (sulfide) groups is 1. The molecule has 24 heavy (non-hydrogen) atoms. The molecule has 0 radical (unpaired) electrons. The minimum Gasteiger partial charge on any atom is -0.348 e. The Morgan fingerprint density at radius 2 is 2.08 bits per heavy atom. The third-order valence-electron chi connectivity index (χ3n) is 4.51. The Labute approximate surface area is 149 Å². The molecule has 0 atom stereocenters. The second-order valence-electron chi connectivity index (χ2n) is 6.16. The number of nitrogens with one attached hydrogen (secondary N) is 1. The third-order valence-corrected chi connectivity index (χ3v) is 6.84. The van der Waals surface area contributed by atoms with E-state index >= 15 is 0 Å². The molecule has 2 aliphatic rings. The summed E-state index contributed by atoms with van der Waals surface area (Å²) in [5, 5.41) is 2.90. The topological polar surface area (TPSA) is 29.1 Å². The van der Waals surface area contributed by atoms with Crippen molar-refractivity contribution in [3.05, 3.63) is 61.4 Å². The highest BCUT2D eigenvalue weighted by Crippen LogP contribution is 2.42. The molecule has 1 aromatic heterocycles. The number of carbonyl (C=O) groups is 1. The van der Waals surface area contributed by atoms with Crippen LogP contribution in [0, 0.1) is 5.82 Å². The zero-order chi connectivity index (χ0) is 16.5. The fourth-order valence-electron chi connectivity index (χ4n) is 3.29. The lowest BCUT2D eigenvalue weighted by molar-refractivity contribution is -0.116. The van der Waals surface area contributed by atoms with E-state index in [1.165, 1.54) is 53.1 Å². The van der Waals surface area contributed by atoms with E-state index < -0.39 is 0 Å². The Morgan fingerprint density at radius 3 is 2.96 bits per heavy atom. The van der Waals surface area contributed by atoms with Crippen LogP contribution < -0.4 is 5.32 Å². The highest BCUT2D eigenvalue weighted by Gasteiger charge is 2.24. The highest BCUT2D eigenvalue weighted by molar-refractivity contribution is 8.03. The molecule has 1 aromatic carbocycles. The number of hydrogen-bond acceptors (Lipinski definition) is 3.